The number of alkyl halides is 3. The summed E-state index contributed by atoms with van der Waals surface area (Å²) in [5, 5.41) is 18.1. The Morgan fingerprint density at radius 3 is 2.74 bits per heavy atom. The summed E-state index contributed by atoms with van der Waals surface area (Å²) >= 11 is 6.03. The van der Waals surface area contributed by atoms with Crippen molar-refractivity contribution in [3.05, 3.63) is 29.7 Å². The molecule has 0 spiro atoms. The Hall–Kier alpha value is -1.80. The molecule has 0 aromatic carbocycles. The van der Waals surface area contributed by atoms with Crippen molar-refractivity contribution in [1.82, 2.24) is 14.8 Å². The van der Waals surface area contributed by atoms with Crippen molar-refractivity contribution in [3.8, 4) is 11.3 Å². The van der Waals surface area contributed by atoms with Crippen LogP contribution in [-0.4, -0.2) is 37.7 Å². The molecular formula is C18H22ClF3N4O. The average Bonchev–Trinajstić information content (AvgIpc) is 3.03. The number of nitrogens with zero attached hydrogens (tertiary/aromatic N) is 3. The van der Waals surface area contributed by atoms with E-state index in [9.17, 15) is 18.3 Å². The Kier molecular flexibility index (Phi) is 5.67. The Balaban J connectivity index is 1.75. The Labute approximate surface area is 160 Å². The average molecular weight is 403 g/mol. The second kappa shape index (κ2) is 7.67. The summed E-state index contributed by atoms with van der Waals surface area (Å²) in [5.41, 5.74) is 1.32. The molecule has 1 fully saturated rings. The smallest absolute Gasteiger partial charge is 0.390 e. The minimum atomic E-state index is -4.22. The Morgan fingerprint density at radius 2 is 2.07 bits per heavy atom. The van der Waals surface area contributed by atoms with E-state index in [1.807, 2.05) is 6.92 Å². The van der Waals surface area contributed by atoms with E-state index < -0.39 is 18.2 Å². The molecule has 5 nitrogen and oxygen atoms in total. The second-order valence-corrected chi connectivity index (χ2v) is 7.68. The van der Waals surface area contributed by atoms with E-state index in [2.05, 4.69) is 15.4 Å². The van der Waals surface area contributed by atoms with Crippen molar-refractivity contribution in [2.24, 2.45) is 0 Å². The van der Waals surface area contributed by atoms with Gasteiger partial charge in [0.15, 0.2) is 0 Å². The molecule has 2 N–H and O–H groups in total. The van der Waals surface area contributed by atoms with E-state index in [1.54, 1.807) is 18.3 Å². The third-order valence-corrected chi connectivity index (χ3v) is 5.04. The minimum absolute atomic E-state index is 0.176. The van der Waals surface area contributed by atoms with E-state index >= 15 is 0 Å². The van der Waals surface area contributed by atoms with Gasteiger partial charge < -0.3 is 10.4 Å². The van der Waals surface area contributed by atoms with Crippen LogP contribution in [0.3, 0.4) is 0 Å². The standard InChI is InChI=1S/C18H22ClF3N4O/c1-17(27)5-2-12(3-6-17)24-15-10-16(19)23-11-13(15)14-4-8-26(25-14)9-7-18(20,21)22/h4,8,10-12,27H,2-3,5-7,9H2,1H3,(H,23,24). The lowest BCUT2D eigenvalue weighted by atomic mass is 9.83. The predicted molar refractivity (Wildman–Crippen MR) is 97.6 cm³/mol. The first-order valence-electron chi connectivity index (χ1n) is 8.86. The summed E-state index contributed by atoms with van der Waals surface area (Å²) in [6.45, 7) is 1.61. The van der Waals surface area contributed by atoms with Crippen LogP contribution in [0.4, 0.5) is 18.9 Å². The van der Waals surface area contributed by atoms with Gasteiger partial charge in [0.25, 0.3) is 0 Å². The van der Waals surface area contributed by atoms with Crippen molar-refractivity contribution < 1.29 is 18.3 Å². The number of aliphatic hydroxyl groups is 1. The number of halogens is 4. The summed E-state index contributed by atoms with van der Waals surface area (Å²) < 4.78 is 38.5. The maximum atomic E-state index is 12.4. The van der Waals surface area contributed by atoms with E-state index in [0.717, 1.165) is 18.5 Å². The summed E-state index contributed by atoms with van der Waals surface area (Å²) in [6, 6.07) is 3.53. The topological polar surface area (TPSA) is 63.0 Å². The van der Waals surface area contributed by atoms with E-state index in [-0.39, 0.29) is 12.6 Å². The predicted octanol–water partition coefficient (Wildman–Crippen LogP) is 4.66. The third kappa shape index (κ3) is 5.59. The van der Waals surface area contributed by atoms with Gasteiger partial charge in [0.05, 0.1) is 17.7 Å². The molecule has 2 aromatic rings. The number of nitrogens with one attached hydrogen (secondary N) is 1. The molecule has 1 aliphatic rings. The number of aryl methyl sites for hydroxylation is 1. The molecule has 0 aliphatic heterocycles. The number of anilines is 1. The van der Waals surface area contributed by atoms with Crippen molar-refractivity contribution in [2.45, 2.75) is 63.4 Å². The number of pyridine rings is 1. The SMILES string of the molecule is CC1(O)CCC(Nc2cc(Cl)ncc2-c2ccn(CCC(F)(F)F)n2)CC1. The van der Waals surface area contributed by atoms with Gasteiger partial charge in [-0.05, 0) is 44.7 Å². The maximum absolute atomic E-state index is 12.4. The molecule has 0 unspecified atom stereocenters. The first-order chi connectivity index (χ1) is 12.6. The van der Waals surface area contributed by atoms with Crippen molar-refractivity contribution in [3.63, 3.8) is 0 Å². The van der Waals surface area contributed by atoms with Crippen LogP contribution < -0.4 is 5.32 Å². The molecule has 3 rings (SSSR count). The van der Waals surface area contributed by atoms with Crippen molar-refractivity contribution >= 4 is 17.3 Å². The van der Waals surface area contributed by atoms with E-state index in [0.29, 0.717) is 29.3 Å². The van der Waals surface area contributed by atoms with Crippen molar-refractivity contribution in [1.29, 1.82) is 0 Å². The number of aromatic nitrogens is 3. The molecule has 0 radical (unpaired) electrons. The molecule has 9 heteroatoms. The quantitative estimate of drug-likeness (QED) is 0.714. The highest BCUT2D eigenvalue weighted by atomic mass is 35.5. The van der Waals surface area contributed by atoms with Gasteiger partial charge in [-0.2, -0.15) is 18.3 Å². The first kappa shape index (κ1) is 19.9. The molecule has 1 aliphatic carbocycles. The molecule has 1 saturated carbocycles. The Bertz CT molecular complexity index is 781. The molecule has 0 saturated heterocycles. The lowest BCUT2D eigenvalue weighted by Crippen LogP contribution is -2.35. The van der Waals surface area contributed by atoms with Gasteiger partial charge >= 0.3 is 6.18 Å². The highest BCUT2D eigenvalue weighted by molar-refractivity contribution is 6.29. The van der Waals surface area contributed by atoms with Crippen LogP contribution in [0.5, 0.6) is 0 Å². The fraction of sp³-hybridized carbons (Fsp3) is 0.556. The maximum Gasteiger partial charge on any atom is 0.390 e. The monoisotopic (exact) mass is 402 g/mol. The lowest BCUT2D eigenvalue weighted by Gasteiger charge is -2.34. The summed E-state index contributed by atoms with van der Waals surface area (Å²) in [6.07, 6.45) is 0.967. The van der Waals surface area contributed by atoms with E-state index in [4.69, 9.17) is 11.6 Å². The van der Waals surface area contributed by atoms with Gasteiger partial charge in [0, 0.05) is 36.2 Å². The molecule has 0 amide bonds. The summed E-state index contributed by atoms with van der Waals surface area (Å²) in [7, 11) is 0. The summed E-state index contributed by atoms with van der Waals surface area (Å²) in [4.78, 5) is 4.08. The van der Waals surface area contributed by atoms with Crippen LogP contribution in [0.15, 0.2) is 24.5 Å². The third-order valence-electron chi connectivity index (χ3n) is 4.83. The molecule has 0 bridgehead atoms. The van der Waals surface area contributed by atoms with Gasteiger partial charge in [0.2, 0.25) is 0 Å². The van der Waals surface area contributed by atoms with Crippen LogP contribution >= 0.6 is 11.6 Å². The first-order valence-corrected chi connectivity index (χ1v) is 9.24. The largest absolute Gasteiger partial charge is 0.390 e. The Morgan fingerprint density at radius 1 is 1.37 bits per heavy atom. The van der Waals surface area contributed by atoms with Gasteiger partial charge in [-0.3, -0.25) is 4.68 Å². The molecule has 27 heavy (non-hydrogen) atoms. The fourth-order valence-electron chi connectivity index (χ4n) is 3.23. The van der Waals surface area contributed by atoms with Crippen molar-refractivity contribution in [2.75, 3.05) is 5.32 Å². The lowest BCUT2D eigenvalue weighted by molar-refractivity contribution is -0.137. The molecule has 2 heterocycles. The second-order valence-electron chi connectivity index (χ2n) is 7.30. The highest BCUT2D eigenvalue weighted by Crippen LogP contribution is 2.33. The number of hydrogen-bond donors (Lipinski definition) is 2. The van der Waals surface area contributed by atoms with Crippen LogP contribution in [0.2, 0.25) is 5.15 Å². The van der Waals surface area contributed by atoms with Gasteiger partial charge in [-0.1, -0.05) is 11.6 Å². The fourth-order valence-corrected chi connectivity index (χ4v) is 3.39. The van der Waals surface area contributed by atoms with Gasteiger partial charge in [-0.15, -0.1) is 0 Å². The van der Waals surface area contributed by atoms with Crippen LogP contribution in [0, 0.1) is 0 Å². The molecule has 0 atom stereocenters. The highest BCUT2D eigenvalue weighted by Gasteiger charge is 2.29. The van der Waals surface area contributed by atoms with Crippen LogP contribution in [0.1, 0.15) is 39.0 Å². The summed E-state index contributed by atoms with van der Waals surface area (Å²) in [5.74, 6) is 0. The molecule has 2 aromatic heterocycles. The zero-order chi connectivity index (χ0) is 19.7. The number of hydrogen-bond acceptors (Lipinski definition) is 4. The van der Waals surface area contributed by atoms with Crippen LogP contribution in [0.25, 0.3) is 11.3 Å². The molecule has 148 valence electrons. The zero-order valence-electron chi connectivity index (χ0n) is 14.9. The van der Waals surface area contributed by atoms with Gasteiger partial charge in [-0.25, -0.2) is 4.98 Å². The zero-order valence-corrected chi connectivity index (χ0v) is 15.7. The van der Waals surface area contributed by atoms with Gasteiger partial charge in [0.1, 0.15) is 5.15 Å². The molecular weight excluding hydrogens is 381 g/mol. The minimum Gasteiger partial charge on any atom is -0.390 e. The number of rotatable bonds is 5. The van der Waals surface area contributed by atoms with Crippen LogP contribution in [-0.2, 0) is 6.54 Å². The normalized spacial score (nSPS) is 23.4. The van der Waals surface area contributed by atoms with E-state index in [1.165, 1.54) is 10.9 Å².